The maximum atomic E-state index is 12.3. The molecule has 0 spiro atoms. The van der Waals surface area contributed by atoms with E-state index in [1.54, 1.807) is 0 Å². The Morgan fingerprint density at radius 1 is 1.30 bits per heavy atom. The molecule has 5 nitrogen and oxygen atoms in total. The molecule has 0 unspecified atom stereocenters. The molecule has 2 rings (SSSR count). The van der Waals surface area contributed by atoms with Crippen molar-refractivity contribution in [2.75, 3.05) is 11.9 Å². The molecule has 0 atom stereocenters. The Morgan fingerprint density at radius 3 is 2.48 bits per heavy atom. The van der Waals surface area contributed by atoms with Crippen LogP contribution in [0.1, 0.15) is 42.7 Å². The average Bonchev–Trinajstić information content (AvgIpc) is 2.82. The van der Waals surface area contributed by atoms with Crippen molar-refractivity contribution in [3.63, 3.8) is 0 Å². The topological polar surface area (TPSA) is 62.3 Å². The average molecular weight is 378 g/mol. The van der Waals surface area contributed by atoms with E-state index >= 15 is 0 Å². The zero-order chi connectivity index (χ0) is 17.0. The van der Waals surface area contributed by atoms with Crippen LogP contribution in [0.25, 0.3) is 0 Å². The van der Waals surface area contributed by atoms with Crippen LogP contribution in [0.4, 0.5) is 5.13 Å². The number of hydrogen-bond acceptors (Lipinski definition) is 4. The molecule has 0 aromatic carbocycles. The SMILES string of the molecule is Cc1nc(NC(=O)CN(C(=O)C(Cl)Cl)C2CCCCC2)sc1C. The van der Waals surface area contributed by atoms with E-state index in [0.29, 0.717) is 5.13 Å². The molecular weight excluding hydrogens is 357 g/mol. The highest BCUT2D eigenvalue weighted by Crippen LogP contribution is 2.25. The fourth-order valence-corrected chi connectivity index (χ4v) is 3.83. The second-order valence-corrected chi connectivity index (χ2v) is 8.07. The van der Waals surface area contributed by atoms with Crippen molar-refractivity contribution in [3.05, 3.63) is 10.6 Å². The Balaban J connectivity index is 2.03. The molecular formula is C15H21Cl2N3O2S. The van der Waals surface area contributed by atoms with Gasteiger partial charge >= 0.3 is 0 Å². The van der Waals surface area contributed by atoms with Gasteiger partial charge in [-0.05, 0) is 26.7 Å². The highest BCUT2D eigenvalue weighted by Gasteiger charge is 2.30. The van der Waals surface area contributed by atoms with E-state index in [4.69, 9.17) is 23.2 Å². The number of thiazole rings is 1. The molecule has 1 aromatic rings. The maximum absolute atomic E-state index is 12.3. The smallest absolute Gasteiger partial charge is 0.256 e. The van der Waals surface area contributed by atoms with Crippen LogP contribution in [0, 0.1) is 13.8 Å². The third-order valence-electron chi connectivity index (χ3n) is 4.07. The van der Waals surface area contributed by atoms with E-state index in [2.05, 4.69) is 10.3 Å². The van der Waals surface area contributed by atoms with Crippen molar-refractivity contribution in [2.45, 2.75) is 56.8 Å². The number of nitrogens with one attached hydrogen (secondary N) is 1. The molecule has 1 heterocycles. The van der Waals surface area contributed by atoms with Crippen molar-refractivity contribution < 1.29 is 9.59 Å². The van der Waals surface area contributed by atoms with Crippen LogP contribution < -0.4 is 5.32 Å². The van der Waals surface area contributed by atoms with Crippen LogP contribution in [0.3, 0.4) is 0 Å². The minimum atomic E-state index is -1.14. The molecule has 1 N–H and O–H groups in total. The third kappa shape index (κ3) is 5.06. The first-order valence-electron chi connectivity index (χ1n) is 7.71. The lowest BCUT2D eigenvalue weighted by Crippen LogP contribution is -2.47. The zero-order valence-corrected chi connectivity index (χ0v) is 15.6. The molecule has 0 saturated heterocycles. The van der Waals surface area contributed by atoms with Gasteiger partial charge in [-0.25, -0.2) is 4.98 Å². The van der Waals surface area contributed by atoms with E-state index in [0.717, 1.165) is 42.7 Å². The second-order valence-electron chi connectivity index (χ2n) is 5.77. The number of aryl methyl sites for hydroxylation is 2. The molecule has 128 valence electrons. The van der Waals surface area contributed by atoms with Gasteiger partial charge in [0.05, 0.1) is 5.69 Å². The molecule has 1 aromatic heterocycles. The number of rotatable bonds is 5. The lowest BCUT2D eigenvalue weighted by atomic mass is 9.94. The maximum Gasteiger partial charge on any atom is 0.256 e. The fraction of sp³-hybridized carbons (Fsp3) is 0.667. The largest absolute Gasteiger partial charge is 0.328 e. The third-order valence-corrected chi connectivity index (χ3v) is 5.44. The Hall–Kier alpha value is -0.850. The quantitative estimate of drug-likeness (QED) is 0.796. The minimum Gasteiger partial charge on any atom is -0.328 e. The van der Waals surface area contributed by atoms with E-state index < -0.39 is 10.7 Å². The molecule has 0 aliphatic heterocycles. The summed E-state index contributed by atoms with van der Waals surface area (Å²) in [6, 6.07) is 0.0294. The molecule has 1 saturated carbocycles. The summed E-state index contributed by atoms with van der Waals surface area (Å²) in [5.74, 6) is -0.673. The van der Waals surface area contributed by atoms with Crippen LogP contribution in [0.15, 0.2) is 0 Å². The number of carbonyl (C=O) groups is 2. The number of halogens is 2. The van der Waals surface area contributed by atoms with Crippen LogP contribution in [0.2, 0.25) is 0 Å². The van der Waals surface area contributed by atoms with Gasteiger partial charge in [0.15, 0.2) is 9.97 Å². The summed E-state index contributed by atoms with van der Waals surface area (Å²) in [6.07, 6.45) is 5.03. The van der Waals surface area contributed by atoms with Gasteiger partial charge in [0.1, 0.15) is 6.54 Å². The normalized spacial score (nSPS) is 15.7. The number of anilines is 1. The number of carbonyl (C=O) groups excluding carboxylic acids is 2. The van der Waals surface area contributed by atoms with Gasteiger partial charge in [-0.1, -0.05) is 42.5 Å². The first-order valence-corrected chi connectivity index (χ1v) is 9.40. The van der Waals surface area contributed by atoms with E-state index in [1.165, 1.54) is 16.2 Å². The van der Waals surface area contributed by atoms with Gasteiger partial charge in [0.25, 0.3) is 5.91 Å². The van der Waals surface area contributed by atoms with Crippen molar-refractivity contribution in [3.8, 4) is 0 Å². The van der Waals surface area contributed by atoms with Gasteiger partial charge in [0.2, 0.25) is 5.91 Å². The Kier molecular flexibility index (Phi) is 6.68. The standard InChI is InChI=1S/C15H21Cl2N3O2S/c1-9-10(2)23-15(18-9)19-12(21)8-20(14(22)13(16)17)11-6-4-3-5-7-11/h11,13H,3-8H2,1-2H3,(H,18,19,21). The van der Waals surface area contributed by atoms with Gasteiger partial charge in [0, 0.05) is 10.9 Å². The first kappa shape index (κ1) is 18.5. The summed E-state index contributed by atoms with van der Waals surface area (Å²) >= 11 is 12.9. The molecule has 0 bridgehead atoms. The van der Waals surface area contributed by atoms with Crippen LogP contribution in [-0.2, 0) is 9.59 Å². The number of alkyl halides is 2. The van der Waals surface area contributed by atoms with Gasteiger partial charge in [-0.15, -0.1) is 11.3 Å². The highest BCUT2D eigenvalue weighted by atomic mass is 35.5. The summed E-state index contributed by atoms with van der Waals surface area (Å²) in [4.78, 5) is 30.3. The predicted octanol–water partition coefficient (Wildman–Crippen LogP) is 3.66. The number of aromatic nitrogens is 1. The molecule has 2 amide bonds. The Morgan fingerprint density at radius 2 is 1.96 bits per heavy atom. The monoisotopic (exact) mass is 377 g/mol. The molecule has 1 aliphatic rings. The van der Waals surface area contributed by atoms with Crippen LogP contribution >= 0.6 is 34.5 Å². The molecule has 1 aliphatic carbocycles. The zero-order valence-electron chi connectivity index (χ0n) is 13.3. The van der Waals surface area contributed by atoms with E-state index in [9.17, 15) is 9.59 Å². The fourth-order valence-electron chi connectivity index (χ4n) is 2.74. The van der Waals surface area contributed by atoms with Crippen LogP contribution in [0.5, 0.6) is 0 Å². The molecule has 1 fully saturated rings. The molecule has 0 radical (unpaired) electrons. The first-order chi connectivity index (χ1) is 10.9. The van der Waals surface area contributed by atoms with Crippen molar-refractivity contribution in [1.29, 1.82) is 0 Å². The second kappa shape index (κ2) is 8.31. The predicted molar refractivity (Wildman–Crippen MR) is 94.3 cm³/mol. The summed E-state index contributed by atoms with van der Waals surface area (Å²) in [6.45, 7) is 3.80. The molecule has 8 heteroatoms. The van der Waals surface area contributed by atoms with Crippen molar-refractivity contribution in [2.24, 2.45) is 0 Å². The van der Waals surface area contributed by atoms with Crippen molar-refractivity contribution >= 4 is 51.5 Å². The Bertz CT molecular complexity index is 552. The summed E-state index contributed by atoms with van der Waals surface area (Å²) in [5.41, 5.74) is 0.895. The van der Waals surface area contributed by atoms with Gasteiger partial charge < -0.3 is 10.2 Å². The number of amides is 2. The number of hydrogen-bond donors (Lipinski definition) is 1. The van der Waals surface area contributed by atoms with E-state index in [1.807, 2.05) is 13.8 Å². The van der Waals surface area contributed by atoms with Crippen molar-refractivity contribution in [1.82, 2.24) is 9.88 Å². The lowest BCUT2D eigenvalue weighted by molar-refractivity contribution is -0.136. The van der Waals surface area contributed by atoms with E-state index in [-0.39, 0.29) is 18.5 Å². The Labute approximate surface area is 150 Å². The lowest BCUT2D eigenvalue weighted by Gasteiger charge is -2.34. The minimum absolute atomic E-state index is 0.0294. The van der Waals surface area contributed by atoms with Gasteiger partial charge in [-0.2, -0.15) is 0 Å². The highest BCUT2D eigenvalue weighted by molar-refractivity contribution is 7.15. The summed E-state index contributed by atoms with van der Waals surface area (Å²) in [7, 11) is 0. The summed E-state index contributed by atoms with van der Waals surface area (Å²) in [5, 5.41) is 3.31. The molecule has 23 heavy (non-hydrogen) atoms. The summed E-state index contributed by atoms with van der Waals surface area (Å²) < 4.78 is 0. The van der Waals surface area contributed by atoms with Crippen LogP contribution in [-0.4, -0.2) is 39.1 Å². The van der Waals surface area contributed by atoms with Gasteiger partial charge in [-0.3, -0.25) is 9.59 Å². The number of nitrogens with zero attached hydrogens (tertiary/aromatic N) is 2.